The number of carbonyl (C=O) groups is 1. The summed E-state index contributed by atoms with van der Waals surface area (Å²) in [7, 11) is 0. The van der Waals surface area contributed by atoms with Crippen LogP contribution in [0, 0.1) is 6.92 Å². The van der Waals surface area contributed by atoms with Crippen molar-refractivity contribution in [1.82, 2.24) is 0 Å². The highest BCUT2D eigenvalue weighted by atomic mass is 16.3. The molecule has 0 spiro atoms. The van der Waals surface area contributed by atoms with E-state index in [0.717, 1.165) is 11.1 Å². The summed E-state index contributed by atoms with van der Waals surface area (Å²) < 4.78 is 4.92. The third-order valence-electron chi connectivity index (χ3n) is 2.54. The number of nitrogens with two attached hydrogens (primary N) is 1. The van der Waals surface area contributed by atoms with Gasteiger partial charge >= 0.3 is 0 Å². The minimum Gasteiger partial charge on any atom is -0.472 e. The fraction of sp³-hybridized carbons (Fsp3) is 0.154. The Bertz CT molecular complexity index is 501. The number of Topliss-reactive ketones (excluding diaryl/α,β-unsaturated/α-hetero) is 1. The van der Waals surface area contributed by atoms with Gasteiger partial charge in [-0.1, -0.05) is 0 Å². The SMILES string of the molecule is Cc1cc(C(=O)Cc2ccoc2)ccc1N. The molecule has 0 atom stereocenters. The Morgan fingerprint density at radius 3 is 2.81 bits per heavy atom. The van der Waals surface area contributed by atoms with Crippen molar-refractivity contribution in [1.29, 1.82) is 0 Å². The summed E-state index contributed by atoms with van der Waals surface area (Å²) in [4.78, 5) is 11.9. The van der Waals surface area contributed by atoms with Gasteiger partial charge < -0.3 is 10.2 Å². The van der Waals surface area contributed by atoms with Crippen LogP contribution in [0.5, 0.6) is 0 Å². The van der Waals surface area contributed by atoms with E-state index < -0.39 is 0 Å². The number of aryl methyl sites for hydroxylation is 1. The van der Waals surface area contributed by atoms with Crippen molar-refractivity contribution in [2.24, 2.45) is 0 Å². The van der Waals surface area contributed by atoms with Crippen LogP contribution >= 0.6 is 0 Å². The first-order chi connectivity index (χ1) is 7.66. The molecule has 82 valence electrons. The molecule has 0 aliphatic carbocycles. The lowest BCUT2D eigenvalue weighted by Gasteiger charge is -2.03. The molecule has 16 heavy (non-hydrogen) atoms. The van der Waals surface area contributed by atoms with E-state index in [1.165, 1.54) is 0 Å². The summed E-state index contributed by atoms with van der Waals surface area (Å²) in [6.07, 6.45) is 3.51. The van der Waals surface area contributed by atoms with Crippen LogP contribution in [0.25, 0.3) is 0 Å². The number of anilines is 1. The van der Waals surface area contributed by atoms with Crippen molar-refractivity contribution in [3.63, 3.8) is 0 Å². The second kappa shape index (κ2) is 4.23. The van der Waals surface area contributed by atoms with Crippen LogP contribution in [-0.2, 0) is 6.42 Å². The average molecular weight is 215 g/mol. The van der Waals surface area contributed by atoms with E-state index in [1.807, 2.05) is 13.0 Å². The zero-order chi connectivity index (χ0) is 11.5. The fourth-order valence-corrected chi connectivity index (χ4v) is 1.53. The van der Waals surface area contributed by atoms with Crippen LogP contribution in [-0.4, -0.2) is 5.78 Å². The molecule has 0 unspecified atom stereocenters. The molecule has 0 amide bonds. The number of ketones is 1. The third-order valence-corrected chi connectivity index (χ3v) is 2.54. The van der Waals surface area contributed by atoms with Crippen LogP contribution in [0.4, 0.5) is 5.69 Å². The van der Waals surface area contributed by atoms with Crippen molar-refractivity contribution in [3.8, 4) is 0 Å². The van der Waals surface area contributed by atoms with Gasteiger partial charge in [-0.15, -0.1) is 0 Å². The van der Waals surface area contributed by atoms with Crippen molar-refractivity contribution in [2.75, 3.05) is 5.73 Å². The highest BCUT2D eigenvalue weighted by Crippen LogP contribution is 2.15. The maximum Gasteiger partial charge on any atom is 0.167 e. The van der Waals surface area contributed by atoms with E-state index >= 15 is 0 Å². The number of hydrogen-bond acceptors (Lipinski definition) is 3. The molecule has 0 fully saturated rings. The molecule has 1 aromatic heterocycles. The van der Waals surface area contributed by atoms with Gasteiger partial charge in [-0.25, -0.2) is 0 Å². The Morgan fingerprint density at radius 2 is 2.19 bits per heavy atom. The Hall–Kier alpha value is -2.03. The predicted molar refractivity (Wildman–Crippen MR) is 62.3 cm³/mol. The van der Waals surface area contributed by atoms with Crippen molar-refractivity contribution in [3.05, 3.63) is 53.5 Å². The number of benzene rings is 1. The van der Waals surface area contributed by atoms with Gasteiger partial charge in [0.1, 0.15) is 0 Å². The van der Waals surface area contributed by atoms with Gasteiger partial charge in [-0.2, -0.15) is 0 Å². The fourth-order valence-electron chi connectivity index (χ4n) is 1.53. The molecule has 2 rings (SSSR count). The molecule has 0 radical (unpaired) electrons. The first kappa shape index (κ1) is 10.5. The molecule has 0 saturated heterocycles. The maximum absolute atomic E-state index is 11.9. The minimum atomic E-state index is 0.0736. The van der Waals surface area contributed by atoms with E-state index in [4.69, 9.17) is 10.2 Å². The van der Waals surface area contributed by atoms with Crippen LogP contribution in [0.3, 0.4) is 0 Å². The topological polar surface area (TPSA) is 56.2 Å². The molecule has 1 heterocycles. The molecule has 0 bridgehead atoms. The van der Waals surface area contributed by atoms with Gasteiger partial charge in [-0.3, -0.25) is 4.79 Å². The van der Waals surface area contributed by atoms with Gasteiger partial charge in [0.25, 0.3) is 0 Å². The monoisotopic (exact) mass is 215 g/mol. The van der Waals surface area contributed by atoms with Crippen LogP contribution < -0.4 is 5.73 Å². The van der Waals surface area contributed by atoms with Gasteiger partial charge in [0, 0.05) is 17.7 Å². The Labute approximate surface area is 93.9 Å². The third kappa shape index (κ3) is 2.14. The predicted octanol–water partition coefficient (Wildman–Crippen LogP) is 2.60. The smallest absolute Gasteiger partial charge is 0.167 e. The lowest BCUT2D eigenvalue weighted by Crippen LogP contribution is -2.03. The molecule has 3 nitrogen and oxygen atoms in total. The van der Waals surface area contributed by atoms with Crippen molar-refractivity contribution >= 4 is 11.5 Å². The van der Waals surface area contributed by atoms with Gasteiger partial charge in [0.05, 0.1) is 12.5 Å². The molecule has 1 aromatic carbocycles. The highest BCUT2D eigenvalue weighted by molar-refractivity contribution is 5.98. The molecule has 2 aromatic rings. The molecular weight excluding hydrogens is 202 g/mol. The Morgan fingerprint density at radius 1 is 1.38 bits per heavy atom. The van der Waals surface area contributed by atoms with E-state index in [2.05, 4.69) is 0 Å². The summed E-state index contributed by atoms with van der Waals surface area (Å²) in [6, 6.07) is 7.13. The summed E-state index contributed by atoms with van der Waals surface area (Å²) in [6.45, 7) is 1.89. The summed E-state index contributed by atoms with van der Waals surface area (Å²) in [5, 5.41) is 0. The van der Waals surface area contributed by atoms with Gasteiger partial charge in [0.2, 0.25) is 0 Å². The lowest BCUT2D eigenvalue weighted by molar-refractivity contribution is 0.0992. The molecular formula is C13H13NO2. The Kier molecular flexibility index (Phi) is 2.77. The summed E-state index contributed by atoms with van der Waals surface area (Å²) >= 11 is 0. The lowest BCUT2D eigenvalue weighted by atomic mass is 10.0. The van der Waals surface area contributed by atoms with Crippen LogP contribution in [0.15, 0.2) is 41.2 Å². The number of hydrogen-bond donors (Lipinski definition) is 1. The molecule has 0 saturated carbocycles. The number of furan rings is 1. The summed E-state index contributed by atoms with van der Waals surface area (Å²) in [5.41, 5.74) is 8.91. The van der Waals surface area contributed by atoms with Crippen LogP contribution in [0.1, 0.15) is 21.5 Å². The van der Waals surface area contributed by atoms with Crippen molar-refractivity contribution < 1.29 is 9.21 Å². The first-order valence-electron chi connectivity index (χ1n) is 5.07. The quantitative estimate of drug-likeness (QED) is 0.632. The minimum absolute atomic E-state index is 0.0736. The molecule has 0 aliphatic rings. The maximum atomic E-state index is 11.9. The normalized spacial score (nSPS) is 10.3. The number of carbonyl (C=O) groups excluding carboxylic acids is 1. The van der Waals surface area contributed by atoms with Gasteiger partial charge in [-0.05, 0) is 42.3 Å². The van der Waals surface area contributed by atoms with E-state index in [-0.39, 0.29) is 5.78 Å². The second-order valence-corrected chi connectivity index (χ2v) is 3.80. The Balaban J connectivity index is 2.18. The standard InChI is InChI=1S/C13H13NO2/c1-9-6-11(2-3-12(9)14)13(15)7-10-4-5-16-8-10/h2-6,8H,7,14H2,1H3. The van der Waals surface area contributed by atoms with E-state index in [9.17, 15) is 4.79 Å². The number of rotatable bonds is 3. The van der Waals surface area contributed by atoms with Gasteiger partial charge in [0.15, 0.2) is 5.78 Å². The highest BCUT2D eigenvalue weighted by Gasteiger charge is 2.08. The van der Waals surface area contributed by atoms with Crippen molar-refractivity contribution in [2.45, 2.75) is 13.3 Å². The largest absolute Gasteiger partial charge is 0.472 e. The molecule has 3 heteroatoms. The zero-order valence-electron chi connectivity index (χ0n) is 9.07. The summed E-state index contributed by atoms with van der Waals surface area (Å²) in [5.74, 6) is 0.0736. The number of nitrogen functional groups attached to an aromatic ring is 1. The van der Waals surface area contributed by atoms with Crippen LogP contribution in [0.2, 0.25) is 0 Å². The molecule has 2 N–H and O–H groups in total. The second-order valence-electron chi connectivity index (χ2n) is 3.80. The van der Waals surface area contributed by atoms with E-state index in [0.29, 0.717) is 17.7 Å². The zero-order valence-corrected chi connectivity index (χ0v) is 9.07. The average Bonchev–Trinajstić information content (AvgIpc) is 2.74. The molecule has 0 aliphatic heterocycles. The van der Waals surface area contributed by atoms with E-state index in [1.54, 1.807) is 30.7 Å². The first-order valence-corrected chi connectivity index (χ1v) is 5.07.